The van der Waals surface area contributed by atoms with E-state index in [-0.39, 0.29) is 5.91 Å². The average molecular weight is 424 g/mol. The molecule has 2 fully saturated rings. The summed E-state index contributed by atoms with van der Waals surface area (Å²) in [4.78, 5) is 15.4. The van der Waals surface area contributed by atoms with Gasteiger partial charge in [0.15, 0.2) is 0 Å². The Morgan fingerprint density at radius 1 is 1.26 bits per heavy atom. The fraction of sp³-hybridized carbons (Fsp3) is 0.654. The van der Waals surface area contributed by atoms with E-state index in [0.29, 0.717) is 19.0 Å². The summed E-state index contributed by atoms with van der Waals surface area (Å²) in [6.45, 7) is 6.86. The molecule has 1 saturated heterocycles. The standard InChI is InChI=1S/C26H37N3O2/c1-18-8-9-22-20(13-18)21-15-28-12-6-3-7-19(28)14-23(21)29(22)17-25(2,24(27)30)16-26(31)10-4-5-11-26/h8-9,13,19,31H,3-7,10-12,14-17H2,1-2H3,(H2,27,30). The van der Waals surface area contributed by atoms with E-state index in [0.717, 1.165) is 38.6 Å². The van der Waals surface area contributed by atoms with E-state index in [1.165, 1.54) is 53.5 Å². The zero-order valence-corrected chi connectivity index (χ0v) is 19.1. The van der Waals surface area contributed by atoms with Crippen molar-refractivity contribution in [3.8, 4) is 0 Å². The molecule has 2 atom stereocenters. The number of carbonyl (C=O) groups excluding carboxylic acids is 1. The largest absolute Gasteiger partial charge is 0.390 e. The van der Waals surface area contributed by atoms with E-state index in [2.05, 4.69) is 34.6 Å². The Balaban J connectivity index is 1.58. The van der Waals surface area contributed by atoms with Gasteiger partial charge >= 0.3 is 0 Å². The second-order valence-corrected chi connectivity index (χ2v) is 10.9. The Hall–Kier alpha value is -1.85. The van der Waals surface area contributed by atoms with Gasteiger partial charge in [-0.2, -0.15) is 0 Å². The molecule has 0 spiro atoms. The van der Waals surface area contributed by atoms with Crippen LogP contribution >= 0.6 is 0 Å². The molecule has 31 heavy (non-hydrogen) atoms. The number of aromatic nitrogens is 1. The molecule has 168 valence electrons. The van der Waals surface area contributed by atoms with Crippen molar-refractivity contribution in [1.82, 2.24) is 9.47 Å². The topological polar surface area (TPSA) is 71.5 Å². The van der Waals surface area contributed by atoms with Crippen molar-refractivity contribution in [2.24, 2.45) is 11.1 Å². The number of rotatable bonds is 5. The lowest BCUT2D eigenvalue weighted by molar-refractivity contribution is -0.132. The molecule has 1 aromatic carbocycles. The molecule has 3 aliphatic rings. The van der Waals surface area contributed by atoms with Crippen molar-refractivity contribution in [2.75, 3.05) is 6.54 Å². The fourth-order valence-corrected chi connectivity index (χ4v) is 6.61. The first kappa shape index (κ1) is 21.0. The van der Waals surface area contributed by atoms with Gasteiger partial charge in [-0.25, -0.2) is 0 Å². The molecule has 1 aromatic heterocycles. The third-order valence-corrected chi connectivity index (χ3v) is 8.34. The number of benzene rings is 1. The van der Waals surface area contributed by atoms with Gasteiger partial charge in [-0.15, -0.1) is 0 Å². The lowest BCUT2D eigenvalue weighted by atomic mass is 9.77. The van der Waals surface area contributed by atoms with Crippen molar-refractivity contribution in [2.45, 2.75) is 96.4 Å². The fourth-order valence-electron chi connectivity index (χ4n) is 6.61. The molecule has 3 N–H and O–H groups in total. The lowest BCUT2D eigenvalue weighted by Gasteiger charge is -2.40. The number of hydrogen-bond acceptors (Lipinski definition) is 3. The number of carbonyl (C=O) groups is 1. The van der Waals surface area contributed by atoms with Gasteiger partial charge in [-0.05, 0) is 70.2 Å². The zero-order valence-electron chi connectivity index (χ0n) is 19.1. The smallest absolute Gasteiger partial charge is 0.225 e. The molecular weight excluding hydrogens is 386 g/mol. The highest BCUT2D eigenvalue weighted by molar-refractivity contribution is 5.87. The minimum Gasteiger partial charge on any atom is -0.390 e. The van der Waals surface area contributed by atoms with E-state index < -0.39 is 11.0 Å². The average Bonchev–Trinajstić information content (AvgIpc) is 3.28. The van der Waals surface area contributed by atoms with Gasteiger partial charge in [0, 0.05) is 42.1 Å². The first-order valence-electron chi connectivity index (χ1n) is 12.1. The van der Waals surface area contributed by atoms with Crippen LogP contribution in [0, 0.1) is 12.3 Å². The molecule has 2 aromatic rings. The number of aliphatic hydroxyl groups is 1. The van der Waals surface area contributed by atoms with Crippen LogP contribution < -0.4 is 5.73 Å². The maximum atomic E-state index is 12.8. The van der Waals surface area contributed by atoms with Crippen LogP contribution in [0.4, 0.5) is 0 Å². The number of amides is 1. The van der Waals surface area contributed by atoms with Gasteiger partial charge in [0.25, 0.3) is 0 Å². The number of primary amides is 1. The molecule has 5 nitrogen and oxygen atoms in total. The Labute approximate surface area is 185 Å². The Morgan fingerprint density at radius 2 is 2.03 bits per heavy atom. The van der Waals surface area contributed by atoms with Crippen LogP contribution in [-0.4, -0.2) is 38.7 Å². The highest BCUT2D eigenvalue weighted by Gasteiger charge is 2.44. The van der Waals surface area contributed by atoms with E-state index in [4.69, 9.17) is 5.73 Å². The molecule has 5 rings (SSSR count). The number of nitrogens with two attached hydrogens (primary N) is 1. The molecule has 1 saturated carbocycles. The molecule has 5 heteroatoms. The van der Waals surface area contributed by atoms with Crippen molar-refractivity contribution in [1.29, 1.82) is 0 Å². The Kier molecular flexibility index (Phi) is 5.17. The number of fused-ring (bicyclic) bond motifs is 4. The molecule has 1 aliphatic carbocycles. The first-order chi connectivity index (χ1) is 14.8. The van der Waals surface area contributed by atoms with Crippen LogP contribution in [0.15, 0.2) is 18.2 Å². The van der Waals surface area contributed by atoms with Crippen molar-refractivity contribution >= 4 is 16.8 Å². The Morgan fingerprint density at radius 3 is 2.77 bits per heavy atom. The summed E-state index contributed by atoms with van der Waals surface area (Å²) in [6.07, 6.45) is 8.96. The van der Waals surface area contributed by atoms with Crippen LogP contribution in [0.1, 0.15) is 75.1 Å². The third kappa shape index (κ3) is 3.70. The second kappa shape index (κ2) is 7.63. The summed E-state index contributed by atoms with van der Waals surface area (Å²) in [5.41, 5.74) is 9.77. The Bertz CT molecular complexity index is 1000. The first-order valence-corrected chi connectivity index (χ1v) is 12.1. The van der Waals surface area contributed by atoms with Crippen LogP contribution in [0.5, 0.6) is 0 Å². The van der Waals surface area contributed by atoms with Crippen molar-refractivity contribution < 1.29 is 9.90 Å². The molecule has 2 unspecified atom stereocenters. The summed E-state index contributed by atoms with van der Waals surface area (Å²) < 4.78 is 2.39. The minimum atomic E-state index is -0.770. The van der Waals surface area contributed by atoms with Crippen molar-refractivity contribution in [3.05, 3.63) is 35.0 Å². The third-order valence-electron chi connectivity index (χ3n) is 8.34. The van der Waals surface area contributed by atoms with Gasteiger partial charge in [-0.1, -0.05) is 30.9 Å². The van der Waals surface area contributed by atoms with E-state index in [9.17, 15) is 9.90 Å². The predicted octanol–water partition coefficient (Wildman–Crippen LogP) is 4.05. The minimum absolute atomic E-state index is 0.300. The van der Waals surface area contributed by atoms with Crippen LogP contribution in [0.3, 0.4) is 0 Å². The van der Waals surface area contributed by atoms with Crippen LogP contribution in [0.25, 0.3) is 10.9 Å². The normalized spacial score (nSPS) is 25.2. The van der Waals surface area contributed by atoms with Crippen molar-refractivity contribution in [3.63, 3.8) is 0 Å². The van der Waals surface area contributed by atoms with E-state index in [1.54, 1.807) is 0 Å². The highest BCUT2D eigenvalue weighted by atomic mass is 16.3. The van der Waals surface area contributed by atoms with E-state index >= 15 is 0 Å². The number of piperidine rings is 1. The molecule has 0 bridgehead atoms. The van der Waals surface area contributed by atoms with Gasteiger partial charge in [-0.3, -0.25) is 9.69 Å². The van der Waals surface area contributed by atoms with Gasteiger partial charge < -0.3 is 15.4 Å². The molecule has 2 aliphatic heterocycles. The number of aryl methyl sites for hydroxylation is 1. The lowest BCUT2D eigenvalue weighted by Crippen LogP contribution is -2.46. The van der Waals surface area contributed by atoms with Gasteiger partial charge in [0.1, 0.15) is 0 Å². The molecule has 3 heterocycles. The summed E-state index contributed by atoms with van der Waals surface area (Å²) in [5, 5.41) is 12.4. The highest BCUT2D eigenvalue weighted by Crippen LogP contribution is 2.43. The summed E-state index contributed by atoms with van der Waals surface area (Å²) in [5.74, 6) is -0.300. The number of hydrogen-bond donors (Lipinski definition) is 2. The van der Waals surface area contributed by atoms with Gasteiger partial charge in [0.2, 0.25) is 5.91 Å². The van der Waals surface area contributed by atoms with Crippen LogP contribution in [-0.2, 0) is 24.3 Å². The monoisotopic (exact) mass is 423 g/mol. The quantitative estimate of drug-likeness (QED) is 0.762. The molecule has 1 amide bonds. The summed E-state index contributed by atoms with van der Waals surface area (Å²) in [7, 11) is 0. The number of nitrogens with zero attached hydrogens (tertiary/aromatic N) is 2. The van der Waals surface area contributed by atoms with E-state index in [1.807, 2.05) is 6.92 Å². The van der Waals surface area contributed by atoms with Crippen LogP contribution in [0.2, 0.25) is 0 Å². The molecular formula is C26H37N3O2. The van der Waals surface area contributed by atoms with Gasteiger partial charge in [0.05, 0.1) is 11.0 Å². The predicted molar refractivity (Wildman–Crippen MR) is 124 cm³/mol. The summed E-state index contributed by atoms with van der Waals surface area (Å²) in [6, 6.07) is 7.29. The molecule has 0 radical (unpaired) electrons. The zero-order chi connectivity index (χ0) is 21.8. The SMILES string of the molecule is Cc1ccc2c(c1)c1c(n2CC(C)(CC2(O)CCCC2)C(N)=O)CC2CCCCN2C1. The second-order valence-electron chi connectivity index (χ2n) is 10.9. The maximum Gasteiger partial charge on any atom is 0.225 e. The maximum absolute atomic E-state index is 12.8. The summed E-state index contributed by atoms with van der Waals surface area (Å²) >= 11 is 0.